The molecule has 1 amide bonds. The number of rotatable bonds is 4. The van der Waals surface area contributed by atoms with Crippen molar-refractivity contribution in [2.45, 2.75) is 19.9 Å². The number of carboxylic acid groups (broad SMARTS) is 1. The molecule has 8 heteroatoms. The van der Waals surface area contributed by atoms with Crippen LogP contribution in [-0.4, -0.2) is 43.2 Å². The number of benzene rings is 1. The fraction of sp³-hybridized carbons (Fsp3) is 0.200. The van der Waals surface area contributed by atoms with E-state index in [4.69, 9.17) is 5.11 Å². The standard InChI is InChI=1S/C15H15N5O3/c1-7(2)17-14(21)9-6-16-20-12(9)13-18-10-4-3-8(15(22)23)5-11(10)19-13/h3-7H,1-2H3,(H,16,20)(H,17,21)(H,18,19)(H,22,23). The fourth-order valence-corrected chi connectivity index (χ4v) is 2.24. The third-order valence-corrected chi connectivity index (χ3v) is 3.27. The van der Waals surface area contributed by atoms with Gasteiger partial charge in [-0.3, -0.25) is 9.89 Å². The van der Waals surface area contributed by atoms with Crippen LogP contribution in [0.25, 0.3) is 22.6 Å². The molecule has 0 aliphatic heterocycles. The largest absolute Gasteiger partial charge is 0.478 e. The van der Waals surface area contributed by atoms with Gasteiger partial charge in [-0.1, -0.05) is 0 Å². The van der Waals surface area contributed by atoms with Gasteiger partial charge in [-0.2, -0.15) is 5.10 Å². The summed E-state index contributed by atoms with van der Waals surface area (Å²) in [7, 11) is 0. The molecule has 0 aliphatic rings. The van der Waals surface area contributed by atoms with Crippen LogP contribution in [0.15, 0.2) is 24.4 Å². The molecule has 0 unspecified atom stereocenters. The minimum absolute atomic E-state index is 0.000881. The van der Waals surface area contributed by atoms with E-state index in [9.17, 15) is 9.59 Å². The first-order chi connectivity index (χ1) is 11.0. The topological polar surface area (TPSA) is 124 Å². The van der Waals surface area contributed by atoms with E-state index in [1.54, 1.807) is 6.07 Å². The minimum atomic E-state index is -1.01. The summed E-state index contributed by atoms with van der Waals surface area (Å²) in [5.41, 5.74) is 2.17. The van der Waals surface area contributed by atoms with Gasteiger partial charge in [0, 0.05) is 6.04 Å². The third kappa shape index (κ3) is 2.78. The minimum Gasteiger partial charge on any atom is -0.478 e. The van der Waals surface area contributed by atoms with Gasteiger partial charge in [0.25, 0.3) is 5.91 Å². The Morgan fingerprint density at radius 2 is 2.09 bits per heavy atom. The number of hydrogen-bond donors (Lipinski definition) is 4. The number of H-pyrrole nitrogens is 2. The Kier molecular flexibility index (Phi) is 3.57. The lowest BCUT2D eigenvalue weighted by Crippen LogP contribution is -2.30. The van der Waals surface area contributed by atoms with Crippen LogP contribution in [0.4, 0.5) is 0 Å². The second kappa shape index (κ2) is 5.56. The number of carbonyl (C=O) groups is 2. The molecule has 0 radical (unpaired) electrons. The van der Waals surface area contributed by atoms with Crippen LogP contribution in [-0.2, 0) is 0 Å². The number of nitrogens with one attached hydrogen (secondary N) is 3. The lowest BCUT2D eigenvalue weighted by molar-refractivity contribution is 0.0696. The first-order valence-electron chi connectivity index (χ1n) is 7.03. The van der Waals surface area contributed by atoms with Crippen LogP contribution < -0.4 is 5.32 Å². The van der Waals surface area contributed by atoms with Gasteiger partial charge < -0.3 is 15.4 Å². The molecule has 23 heavy (non-hydrogen) atoms. The molecule has 0 saturated carbocycles. The maximum atomic E-state index is 12.2. The van der Waals surface area contributed by atoms with Crippen molar-refractivity contribution in [3.05, 3.63) is 35.5 Å². The number of carboxylic acids is 1. The van der Waals surface area contributed by atoms with Gasteiger partial charge >= 0.3 is 5.97 Å². The highest BCUT2D eigenvalue weighted by Crippen LogP contribution is 2.22. The zero-order valence-corrected chi connectivity index (χ0v) is 12.5. The summed E-state index contributed by atoms with van der Waals surface area (Å²) in [5.74, 6) is -0.842. The molecule has 0 saturated heterocycles. The molecule has 0 atom stereocenters. The number of aromatic amines is 2. The number of carbonyl (C=O) groups excluding carboxylic acids is 1. The number of aromatic nitrogens is 4. The van der Waals surface area contributed by atoms with Crippen molar-refractivity contribution in [3.8, 4) is 11.5 Å². The van der Waals surface area contributed by atoms with Crippen LogP contribution in [0, 0.1) is 0 Å². The lowest BCUT2D eigenvalue weighted by Gasteiger charge is -2.07. The highest BCUT2D eigenvalue weighted by molar-refractivity contribution is 6.00. The number of amides is 1. The predicted octanol–water partition coefficient (Wildman–Crippen LogP) is 1.79. The SMILES string of the molecule is CC(C)NC(=O)c1cn[nH]c1-c1nc2ccc(C(=O)O)cc2[nH]1. The molecule has 1 aromatic carbocycles. The zero-order valence-electron chi connectivity index (χ0n) is 12.5. The number of nitrogens with zero attached hydrogens (tertiary/aromatic N) is 2. The third-order valence-electron chi connectivity index (χ3n) is 3.27. The Morgan fingerprint density at radius 3 is 2.78 bits per heavy atom. The van der Waals surface area contributed by atoms with Gasteiger partial charge in [-0.05, 0) is 32.0 Å². The summed E-state index contributed by atoms with van der Waals surface area (Å²) >= 11 is 0. The first-order valence-corrected chi connectivity index (χ1v) is 7.03. The van der Waals surface area contributed by atoms with Gasteiger partial charge in [-0.25, -0.2) is 9.78 Å². The Balaban J connectivity index is 2.03. The average molecular weight is 313 g/mol. The number of fused-ring (bicyclic) bond motifs is 1. The first kappa shape index (κ1) is 14.8. The van der Waals surface area contributed by atoms with Crippen LogP contribution in [0.5, 0.6) is 0 Å². The molecule has 3 rings (SSSR count). The van der Waals surface area contributed by atoms with Crippen molar-refractivity contribution in [1.82, 2.24) is 25.5 Å². The van der Waals surface area contributed by atoms with E-state index in [1.807, 2.05) is 13.8 Å². The zero-order chi connectivity index (χ0) is 16.6. The molecular weight excluding hydrogens is 298 g/mol. The van der Waals surface area contributed by atoms with Crippen molar-refractivity contribution >= 4 is 22.9 Å². The quantitative estimate of drug-likeness (QED) is 0.584. The Bertz CT molecular complexity index is 894. The highest BCUT2D eigenvalue weighted by Gasteiger charge is 2.18. The van der Waals surface area contributed by atoms with E-state index in [2.05, 4.69) is 25.5 Å². The molecule has 0 aliphatic carbocycles. The van der Waals surface area contributed by atoms with Gasteiger partial charge in [0.15, 0.2) is 5.82 Å². The van der Waals surface area contributed by atoms with Crippen molar-refractivity contribution in [2.24, 2.45) is 0 Å². The number of hydrogen-bond acceptors (Lipinski definition) is 4. The van der Waals surface area contributed by atoms with Crippen LogP contribution in [0.2, 0.25) is 0 Å². The second-order valence-electron chi connectivity index (χ2n) is 5.41. The molecular formula is C15H15N5O3. The monoisotopic (exact) mass is 313 g/mol. The van der Waals surface area contributed by atoms with Crippen molar-refractivity contribution in [3.63, 3.8) is 0 Å². The molecule has 3 aromatic rings. The van der Waals surface area contributed by atoms with Gasteiger partial charge in [-0.15, -0.1) is 0 Å². The predicted molar refractivity (Wildman–Crippen MR) is 83.2 cm³/mol. The lowest BCUT2D eigenvalue weighted by atomic mass is 10.2. The summed E-state index contributed by atoms with van der Waals surface area (Å²) < 4.78 is 0. The molecule has 0 bridgehead atoms. The Hall–Kier alpha value is -3.16. The van der Waals surface area contributed by atoms with Crippen molar-refractivity contribution in [1.29, 1.82) is 0 Å². The summed E-state index contributed by atoms with van der Waals surface area (Å²) in [6.45, 7) is 3.73. The second-order valence-corrected chi connectivity index (χ2v) is 5.41. The van der Waals surface area contributed by atoms with Crippen molar-refractivity contribution in [2.75, 3.05) is 0 Å². The van der Waals surface area contributed by atoms with E-state index in [0.29, 0.717) is 28.1 Å². The summed E-state index contributed by atoms with van der Waals surface area (Å²) in [6, 6.07) is 4.59. The van der Waals surface area contributed by atoms with E-state index < -0.39 is 5.97 Å². The van der Waals surface area contributed by atoms with Crippen LogP contribution >= 0.6 is 0 Å². The highest BCUT2D eigenvalue weighted by atomic mass is 16.4. The van der Waals surface area contributed by atoms with Gasteiger partial charge in [0.1, 0.15) is 5.69 Å². The average Bonchev–Trinajstić information content (AvgIpc) is 3.11. The fourth-order valence-electron chi connectivity index (χ4n) is 2.24. The summed E-state index contributed by atoms with van der Waals surface area (Å²) in [6.07, 6.45) is 1.43. The van der Waals surface area contributed by atoms with E-state index in [1.165, 1.54) is 18.3 Å². The van der Waals surface area contributed by atoms with Crippen LogP contribution in [0.3, 0.4) is 0 Å². The molecule has 118 valence electrons. The summed E-state index contributed by atoms with van der Waals surface area (Å²) in [5, 5.41) is 18.5. The molecule has 0 fully saturated rings. The smallest absolute Gasteiger partial charge is 0.335 e. The summed E-state index contributed by atoms with van der Waals surface area (Å²) in [4.78, 5) is 30.6. The molecule has 2 heterocycles. The van der Waals surface area contributed by atoms with Gasteiger partial charge in [0.2, 0.25) is 0 Å². The van der Waals surface area contributed by atoms with E-state index in [-0.39, 0.29) is 17.5 Å². The maximum absolute atomic E-state index is 12.2. The Labute approximate surface area is 130 Å². The number of aromatic carboxylic acids is 1. The molecule has 0 spiro atoms. The molecule has 8 nitrogen and oxygen atoms in total. The maximum Gasteiger partial charge on any atom is 0.335 e. The van der Waals surface area contributed by atoms with Crippen LogP contribution in [0.1, 0.15) is 34.6 Å². The van der Waals surface area contributed by atoms with E-state index >= 15 is 0 Å². The van der Waals surface area contributed by atoms with Crippen molar-refractivity contribution < 1.29 is 14.7 Å². The van der Waals surface area contributed by atoms with E-state index in [0.717, 1.165) is 0 Å². The van der Waals surface area contributed by atoms with Gasteiger partial charge in [0.05, 0.1) is 28.4 Å². The normalized spacial score (nSPS) is 11.1. The number of imidazole rings is 1. The Morgan fingerprint density at radius 1 is 1.30 bits per heavy atom. The molecule has 4 N–H and O–H groups in total. The molecule has 2 aromatic heterocycles.